The first kappa shape index (κ1) is 30.4. The van der Waals surface area contributed by atoms with Gasteiger partial charge in [0.15, 0.2) is 23.1 Å². The average Bonchev–Trinajstić information content (AvgIpc) is 3.37. The Labute approximate surface area is 284 Å². The van der Waals surface area contributed by atoms with E-state index in [9.17, 15) is 24.3 Å². The molecule has 4 aromatic rings. The number of Topliss-reactive ketones (excluding diaryl/α,β-unsaturated/α-hetero) is 1. The minimum atomic E-state index is -1.55. The number of benzene rings is 4. The second-order valence-electron chi connectivity index (χ2n) is 13.0. The topological polar surface area (TPSA) is 91.8 Å². The van der Waals surface area contributed by atoms with Gasteiger partial charge in [-0.05, 0) is 66.3 Å². The number of para-hydroxylation sites is 1. The number of ketones is 2. The van der Waals surface area contributed by atoms with E-state index in [2.05, 4.69) is 15.9 Å². The third-order valence-corrected chi connectivity index (χ3v) is 11.3. The molecule has 8 heteroatoms. The van der Waals surface area contributed by atoms with Crippen LogP contribution in [0.25, 0.3) is 5.57 Å². The molecule has 2 amide bonds. The van der Waals surface area contributed by atoms with Crippen LogP contribution in [0.3, 0.4) is 0 Å². The molecule has 6 unspecified atom stereocenters. The molecule has 0 radical (unpaired) electrons. The van der Waals surface area contributed by atoms with Gasteiger partial charge in [0.25, 0.3) is 0 Å². The summed E-state index contributed by atoms with van der Waals surface area (Å²) in [5.41, 5.74) is 1.16. The number of phenolic OH excluding ortho intramolecular Hbond substituents is 1. The summed E-state index contributed by atoms with van der Waals surface area (Å²) >= 11 is 3.41. The Hall–Kier alpha value is -4.95. The summed E-state index contributed by atoms with van der Waals surface area (Å²) in [5, 5.41) is 11.3. The molecule has 4 aliphatic rings. The number of hydrogen-bond donors (Lipinski definition) is 1. The summed E-state index contributed by atoms with van der Waals surface area (Å²) < 4.78 is 16.0. The largest absolute Gasteiger partial charge is 0.505 e. The third-order valence-electron chi connectivity index (χ3n) is 10.8. The van der Waals surface area contributed by atoms with E-state index in [4.69, 9.17) is 0 Å². The van der Waals surface area contributed by atoms with Crippen LogP contribution in [0, 0.1) is 29.5 Å². The van der Waals surface area contributed by atoms with E-state index in [0.717, 1.165) is 10.5 Å². The molecule has 0 aromatic heterocycles. The summed E-state index contributed by atoms with van der Waals surface area (Å²) in [4.78, 5) is 59.4. The Morgan fingerprint density at radius 3 is 2.19 bits per heavy atom. The highest BCUT2D eigenvalue weighted by Gasteiger charge is 2.66. The summed E-state index contributed by atoms with van der Waals surface area (Å²) in [6, 6.07) is 29.2. The van der Waals surface area contributed by atoms with Crippen LogP contribution in [0.15, 0.2) is 125 Å². The Kier molecular flexibility index (Phi) is 7.18. The van der Waals surface area contributed by atoms with Gasteiger partial charge < -0.3 is 5.11 Å². The van der Waals surface area contributed by atoms with Gasteiger partial charge in [-0.1, -0.05) is 100 Å². The normalized spacial score (nSPS) is 28.0. The number of hydrogen-bond acceptors (Lipinski definition) is 5. The number of fused-ring (bicyclic) bond motifs is 4. The number of rotatable bonds is 4. The van der Waals surface area contributed by atoms with Crippen molar-refractivity contribution in [2.45, 2.75) is 24.2 Å². The maximum absolute atomic E-state index is 15.2. The van der Waals surface area contributed by atoms with E-state index in [1.807, 2.05) is 18.2 Å². The number of aromatic hydroxyl groups is 1. The fraction of sp³-hybridized carbons (Fsp3) is 0.200. The Bertz CT molecular complexity index is 2080. The van der Waals surface area contributed by atoms with Crippen molar-refractivity contribution in [3.8, 4) is 5.75 Å². The number of nitrogens with zero attached hydrogens (tertiary/aromatic N) is 1. The number of allylic oxidation sites excluding steroid dienone is 4. The van der Waals surface area contributed by atoms with Crippen LogP contribution >= 0.6 is 15.9 Å². The van der Waals surface area contributed by atoms with Gasteiger partial charge in [-0.3, -0.25) is 24.1 Å². The van der Waals surface area contributed by atoms with E-state index in [-0.39, 0.29) is 47.4 Å². The molecular weight excluding hydrogens is 673 g/mol. The highest BCUT2D eigenvalue weighted by atomic mass is 79.9. The molecule has 1 aliphatic heterocycles. The van der Waals surface area contributed by atoms with Crippen molar-refractivity contribution in [1.29, 1.82) is 0 Å². The highest BCUT2D eigenvalue weighted by Crippen LogP contribution is 2.64. The van der Waals surface area contributed by atoms with Gasteiger partial charge in [-0.15, -0.1) is 0 Å². The van der Waals surface area contributed by atoms with Crippen LogP contribution in [0.1, 0.15) is 35.4 Å². The van der Waals surface area contributed by atoms with Gasteiger partial charge in [0.2, 0.25) is 11.8 Å². The monoisotopic (exact) mass is 701 g/mol. The molecule has 0 spiro atoms. The maximum atomic E-state index is 15.2. The van der Waals surface area contributed by atoms with Crippen molar-refractivity contribution in [2.24, 2.45) is 23.7 Å². The van der Waals surface area contributed by atoms with Crippen LogP contribution < -0.4 is 4.90 Å². The SMILES string of the molecule is O=C1C(c2ccccc2)=CC(=O)C2(c3ccccc3)C1CC1C(=CCC3C(=O)N(c4ccc(Br)cc4)C(=O)C31)C2c1cccc(F)c1O. The van der Waals surface area contributed by atoms with Crippen LogP contribution in [-0.2, 0) is 24.6 Å². The highest BCUT2D eigenvalue weighted by molar-refractivity contribution is 9.10. The molecule has 3 aliphatic carbocycles. The van der Waals surface area contributed by atoms with Gasteiger partial charge in [-0.2, -0.15) is 0 Å². The molecule has 1 saturated heterocycles. The van der Waals surface area contributed by atoms with Crippen LogP contribution in [-0.4, -0.2) is 28.5 Å². The standard InChI is InChI=1S/C40H29BrFNO5/c41-24-14-16-25(17-15-24)43-38(47)27-19-18-26-30(34(27)39(43)48)20-31-36(45)29(22-8-3-1-4-9-22)21-33(44)40(31,23-10-5-2-6-11-23)35(26)28-12-7-13-32(42)37(28)46/h1-18,21,27,30-31,34-35,46H,19-20H2. The Morgan fingerprint density at radius 1 is 0.792 bits per heavy atom. The number of anilines is 1. The minimum Gasteiger partial charge on any atom is -0.505 e. The quantitative estimate of drug-likeness (QED) is 0.178. The van der Waals surface area contributed by atoms with E-state index in [1.54, 1.807) is 78.9 Å². The molecule has 6 nitrogen and oxygen atoms in total. The lowest BCUT2D eigenvalue weighted by Crippen LogP contribution is -2.58. The first-order chi connectivity index (χ1) is 23.2. The third kappa shape index (κ3) is 4.28. The molecule has 1 saturated carbocycles. The van der Waals surface area contributed by atoms with E-state index < -0.39 is 46.6 Å². The molecule has 4 aromatic carbocycles. The number of carbonyl (C=O) groups is 4. The smallest absolute Gasteiger partial charge is 0.238 e. The van der Waals surface area contributed by atoms with Crippen molar-refractivity contribution < 1.29 is 28.7 Å². The lowest BCUT2D eigenvalue weighted by atomic mass is 9.44. The van der Waals surface area contributed by atoms with Crippen LogP contribution in [0.5, 0.6) is 5.75 Å². The first-order valence-corrected chi connectivity index (χ1v) is 16.7. The number of halogens is 2. The summed E-state index contributed by atoms with van der Waals surface area (Å²) in [6.07, 6.45) is 3.64. The second kappa shape index (κ2) is 11.3. The summed E-state index contributed by atoms with van der Waals surface area (Å²) in [5.74, 6) is -6.82. The average molecular weight is 703 g/mol. The fourth-order valence-corrected chi connectivity index (χ4v) is 9.09. The molecule has 48 heavy (non-hydrogen) atoms. The molecular formula is C40H29BrFNO5. The molecule has 2 fully saturated rings. The zero-order chi connectivity index (χ0) is 33.3. The zero-order valence-electron chi connectivity index (χ0n) is 25.6. The molecule has 238 valence electrons. The molecule has 1 heterocycles. The first-order valence-electron chi connectivity index (χ1n) is 16.0. The van der Waals surface area contributed by atoms with E-state index in [1.165, 1.54) is 17.0 Å². The number of imide groups is 1. The summed E-state index contributed by atoms with van der Waals surface area (Å²) in [6.45, 7) is 0. The molecule has 0 bridgehead atoms. The van der Waals surface area contributed by atoms with Gasteiger partial charge in [0, 0.05) is 27.4 Å². The second-order valence-corrected chi connectivity index (χ2v) is 13.9. The Morgan fingerprint density at radius 2 is 1.48 bits per heavy atom. The Balaban J connectivity index is 1.37. The minimum absolute atomic E-state index is 0.121. The zero-order valence-corrected chi connectivity index (χ0v) is 27.1. The molecule has 6 atom stereocenters. The predicted molar refractivity (Wildman–Crippen MR) is 181 cm³/mol. The lowest BCUT2D eigenvalue weighted by Gasteiger charge is -2.55. The van der Waals surface area contributed by atoms with Gasteiger partial charge in [0.1, 0.15) is 0 Å². The molecule has 8 rings (SSSR count). The lowest BCUT2D eigenvalue weighted by molar-refractivity contribution is -0.135. The van der Waals surface area contributed by atoms with Crippen molar-refractivity contribution in [1.82, 2.24) is 0 Å². The number of carbonyl (C=O) groups excluding carboxylic acids is 4. The van der Waals surface area contributed by atoms with Crippen molar-refractivity contribution in [2.75, 3.05) is 4.90 Å². The fourth-order valence-electron chi connectivity index (χ4n) is 8.83. The van der Waals surface area contributed by atoms with E-state index >= 15 is 4.39 Å². The van der Waals surface area contributed by atoms with E-state index in [0.29, 0.717) is 22.4 Å². The predicted octanol–water partition coefficient (Wildman–Crippen LogP) is 7.32. The van der Waals surface area contributed by atoms with Crippen molar-refractivity contribution in [3.63, 3.8) is 0 Å². The number of phenols is 1. The van der Waals surface area contributed by atoms with Gasteiger partial charge in [0.05, 0.1) is 22.9 Å². The van der Waals surface area contributed by atoms with Gasteiger partial charge >= 0.3 is 0 Å². The van der Waals surface area contributed by atoms with Gasteiger partial charge in [-0.25, -0.2) is 4.39 Å². The maximum Gasteiger partial charge on any atom is 0.238 e. The molecule has 1 N–H and O–H groups in total. The van der Waals surface area contributed by atoms with Crippen molar-refractivity contribution in [3.05, 3.63) is 148 Å². The van der Waals surface area contributed by atoms with Crippen molar-refractivity contribution >= 4 is 50.6 Å². The van der Waals surface area contributed by atoms with Crippen LogP contribution in [0.2, 0.25) is 0 Å². The van der Waals surface area contributed by atoms with Crippen LogP contribution in [0.4, 0.5) is 10.1 Å². The summed E-state index contributed by atoms with van der Waals surface area (Å²) in [7, 11) is 0. The number of amides is 2.